The van der Waals surface area contributed by atoms with Gasteiger partial charge in [0.05, 0.1) is 0 Å². The second kappa shape index (κ2) is 6.95. The second-order valence-electron chi connectivity index (χ2n) is 5.36. The van der Waals surface area contributed by atoms with E-state index in [-0.39, 0.29) is 12.4 Å². The molecule has 3 heteroatoms. The number of halogens is 1. The van der Waals surface area contributed by atoms with Crippen LogP contribution in [0.15, 0.2) is 29.4 Å². The van der Waals surface area contributed by atoms with Crippen LogP contribution in [0.25, 0.3) is 0 Å². The number of benzene rings is 1. The predicted octanol–water partition coefficient (Wildman–Crippen LogP) is 4.17. The lowest BCUT2D eigenvalue weighted by molar-refractivity contribution is 0.147. The van der Waals surface area contributed by atoms with E-state index in [1.165, 1.54) is 30.4 Å². The molecule has 1 fully saturated rings. The zero-order valence-electron chi connectivity index (χ0n) is 12.2. The zero-order valence-corrected chi connectivity index (χ0v) is 13.0. The molecule has 1 aromatic carbocycles. The maximum atomic E-state index is 4.47. The number of aryl methyl sites for hydroxylation is 1. The Labute approximate surface area is 123 Å². The Morgan fingerprint density at radius 3 is 2.58 bits per heavy atom. The van der Waals surface area contributed by atoms with E-state index in [2.05, 4.69) is 48.2 Å². The molecular weight excluding hydrogens is 256 g/mol. The van der Waals surface area contributed by atoms with E-state index in [9.17, 15) is 0 Å². The fourth-order valence-electron chi connectivity index (χ4n) is 2.86. The van der Waals surface area contributed by atoms with Crippen molar-refractivity contribution in [3.05, 3.63) is 35.4 Å². The highest BCUT2D eigenvalue weighted by Gasteiger charge is 2.39. The van der Waals surface area contributed by atoms with Crippen LogP contribution in [0.5, 0.6) is 0 Å². The molecule has 1 aliphatic carbocycles. The van der Waals surface area contributed by atoms with Gasteiger partial charge in [0.2, 0.25) is 0 Å². The summed E-state index contributed by atoms with van der Waals surface area (Å²) in [5, 5.41) is 6.66. The lowest BCUT2D eigenvalue weighted by atomic mass is 9.64. The van der Waals surface area contributed by atoms with Crippen LogP contribution in [-0.2, 0) is 5.41 Å². The molecule has 0 aliphatic heterocycles. The monoisotopic (exact) mass is 280 g/mol. The van der Waals surface area contributed by atoms with Crippen molar-refractivity contribution in [3.8, 4) is 0 Å². The van der Waals surface area contributed by atoms with E-state index < -0.39 is 0 Å². The Balaban J connectivity index is 0.00000180. The molecule has 0 atom stereocenters. The highest BCUT2D eigenvalue weighted by molar-refractivity contribution is 5.85. The van der Waals surface area contributed by atoms with Crippen LogP contribution in [0.2, 0.25) is 0 Å². The van der Waals surface area contributed by atoms with Crippen LogP contribution in [0, 0.1) is 6.92 Å². The Morgan fingerprint density at radius 2 is 2.11 bits per heavy atom. The summed E-state index contributed by atoms with van der Waals surface area (Å²) < 4.78 is 0. The maximum Gasteiger partial charge on any atom is 0.0456 e. The first-order valence-electron chi connectivity index (χ1n) is 7.01. The maximum absolute atomic E-state index is 4.47. The molecule has 0 spiro atoms. The van der Waals surface area contributed by atoms with Gasteiger partial charge >= 0.3 is 0 Å². The summed E-state index contributed by atoms with van der Waals surface area (Å²) in [5.41, 5.74) is 3.20. The molecule has 0 radical (unpaired) electrons. The molecule has 0 unspecified atom stereocenters. The number of hydrogen-bond acceptors (Lipinski definition) is 2. The van der Waals surface area contributed by atoms with Crippen LogP contribution in [0.3, 0.4) is 0 Å². The van der Waals surface area contributed by atoms with Crippen molar-refractivity contribution in [1.82, 2.24) is 5.01 Å². The van der Waals surface area contributed by atoms with Crippen LogP contribution >= 0.6 is 12.4 Å². The number of nitrogens with zero attached hydrogens (tertiary/aromatic N) is 2. The normalized spacial score (nSPS) is 16.8. The quantitative estimate of drug-likeness (QED) is 0.584. The van der Waals surface area contributed by atoms with Crippen molar-refractivity contribution in [2.75, 3.05) is 13.1 Å². The fraction of sp³-hybridized carbons (Fsp3) is 0.562. The average molecular weight is 281 g/mol. The molecule has 0 bridgehead atoms. The third kappa shape index (κ3) is 3.50. The molecule has 1 aliphatic rings. The summed E-state index contributed by atoms with van der Waals surface area (Å²) in [6.07, 6.45) is 5.84. The van der Waals surface area contributed by atoms with Gasteiger partial charge in [-0.1, -0.05) is 36.2 Å². The van der Waals surface area contributed by atoms with Crippen molar-refractivity contribution in [3.63, 3.8) is 0 Å². The Hall–Kier alpha value is -1.02. The molecule has 1 saturated carbocycles. The number of hydrazone groups is 1. The smallest absolute Gasteiger partial charge is 0.0456 e. The van der Waals surface area contributed by atoms with Gasteiger partial charge < -0.3 is 0 Å². The van der Waals surface area contributed by atoms with Gasteiger partial charge in [-0.15, -0.1) is 12.4 Å². The third-order valence-electron chi connectivity index (χ3n) is 4.07. The van der Waals surface area contributed by atoms with Gasteiger partial charge in [0.1, 0.15) is 0 Å². The highest BCUT2D eigenvalue weighted by atomic mass is 35.5. The summed E-state index contributed by atoms with van der Waals surface area (Å²) in [6, 6.07) is 9.00. The summed E-state index contributed by atoms with van der Waals surface area (Å²) in [7, 11) is 0. The van der Waals surface area contributed by atoms with E-state index >= 15 is 0 Å². The standard InChI is InChI=1S/C16H24N2.ClH/c1-4-17-18(5-2)13-16(10-7-11-16)15-9-6-8-14(3)12-15;/h4,6,8-9,12H,5,7,10-11,13H2,1-3H3;1H/b17-4-;. The van der Waals surface area contributed by atoms with E-state index in [4.69, 9.17) is 0 Å². The summed E-state index contributed by atoms with van der Waals surface area (Å²) in [4.78, 5) is 0. The van der Waals surface area contributed by atoms with E-state index in [1.807, 2.05) is 13.1 Å². The Kier molecular flexibility index (Phi) is 5.86. The van der Waals surface area contributed by atoms with Gasteiger partial charge in [0.15, 0.2) is 0 Å². The molecule has 1 aromatic rings. The van der Waals surface area contributed by atoms with Gasteiger partial charge in [-0.25, -0.2) is 0 Å². The number of rotatable bonds is 5. The Morgan fingerprint density at radius 1 is 1.37 bits per heavy atom. The largest absolute Gasteiger partial charge is 0.297 e. The van der Waals surface area contributed by atoms with Gasteiger partial charge in [-0.05, 0) is 39.2 Å². The van der Waals surface area contributed by atoms with Crippen LogP contribution < -0.4 is 0 Å². The van der Waals surface area contributed by atoms with E-state index in [0.29, 0.717) is 5.41 Å². The summed E-state index contributed by atoms with van der Waals surface area (Å²) in [5.74, 6) is 0. The lowest BCUT2D eigenvalue weighted by Crippen LogP contribution is -2.44. The minimum Gasteiger partial charge on any atom is -0.297 e. The number of hydrogen-bond donors (Lipinski definition) is 0. The first-order chi connectivity index (χ1) is 8.70. The fourth-order valence-corrected chi connectivity index (χ4v) is 2.86. The third-order valence-corrected chi connectivity index (χ3v) is 4.07. The molecular formula is C16H25ClN2. The minimum absolute atomic E-state index is 0. The van der Waals surface area contributed by atoms with Crippen molar-refractivity contribution in [1.29, 1.82) is 0 Å². The molecule has 0 N–H and O–H groups in total. The minimum atomic E-state index is 0. The molecule has 19 heavy (non-hydrogen) atoms. The zero-order chi connectivity index (χ0) is 13.0. The first kappa shape index (κ1) is 16.0. The van der Waals surface area contributed by atoms with Gasteiger partial charge in [0, 0.05) is 24.7 Å². The molecule has 106 valence electrons. The number of likely N-dealkylation sites (N-methyl/N-ethyl adjacent to an activating group) is 1. The van der Waals surface area contributed by atoms with Crippen LogP contribution in [-0.4, -0.2) is 24.3 Å². The molecule has 0 amide bonds. The van der Waals surface area contributed by atoms with Crippen molar-refractivity contribution >= 4 is 18.6 Å². The predicted molar refractivity (Wildman–Crippen MR) is 85.4 cm³/mol. The van der Waals surface area contributed by atoms with Crippen molar-refractivity contribution in [2.45, 2.75) is 45.4 Å². The highest BCUT2D eigenvalue weighted by Crippen LogP contribution is 2.44. The van der Waals surface area contributed by atoms with Gasteiger partial charge in [-0.2, -0.15) is 5.10 Å². The van der Waals surface area contributed by atoms with Crippen LogP contribution in [0.1, 0.15) is 44.2 Å². The molecule has 2 rings (SSSR count). The Bertz CT molecular complexity index is 425. The van der Waals surface area contributed by atoms with Gasteiger partial charge in [-0.3, -0.25) is 5.01 Å². The molecule has 0 saturated heterocycles. The lowest BCUT2D eigenvalue weighted by Gasteiger charge is -2.45. The van der Waals surface area contributed by atoms with E-state index in [0.717, 1.165) is 13.1 Å². The SMILES string of the molecule is C/C=N\N(CC)CC1(c2cccc(C)c2)CCC1.Cl. The van der Waals surface area contributed by atoms with E-state index in [1.54, 1.807) is 0 Å². The second-order valence-corrected chi connectivity index (χ2v) is 5.36. The first-order valence-corrected chi connectivity index (χ1v) is 7.01. The van der Waals surface area contributed by atoms with Crippen molar-refractivity contribution in [2.24, 2.45) is 5.10 Å². The topological polar surface area (TPSA) is 15.6 Å². The molecule has 2 nitrogen and oxygen atoms in total. The molecule has 0 aromatic heterocycles. The summed E-state index contributed by atoms with van der Waals surface area (Å²) >= 11 is 0. The molecule has 0 heterocycles. The summed E-state index contributed by atoms with van der Waals surface area (Å²) in [6.45, 7) is 8.38. The average Bonchev–Trinajstić information content (AvgIpc) is 2.32. The van der Waals surface area contributed by atoms with Crippen LogP contribution in [0.4, 0.5) is 0 Å². The van der Waals surface area contributed by atoms with Crippen molar-refractivity contribution < 1.29 is 0 Å². The van der Waals surface area contributed by atoms with Gasteiger partial charge in [0.25, 0.3) is 0 Å².